The number of amides is 2. The molecule has 2 heterocycles. The van der Waals surface area contributed by atoms with E-state index in [4.69, 9.17) is 0 Å². The Kier molecular flexibility index (Phi) is 7.04. The van der Waals surface area contributed by atoms with Crippen molar-refractivity contribution in [1.29, 1.82) is 0 Å². The topological polar surface area (TPSA) is 118 Å². The van der Waals surface area contributed by atoms with E-state index in [2.05, 4.69) is 20.5 Å². The fourth-order valence-electron chi connectivity index (χ4n) is 3.13. The van der Waals surface area contributed by atoms with E-state index in [9.17, 15) is 14.7 Å². The SMILES string of the molecule is CC(CCn1nc(C(C)(C)O)cc1N(C)C=O)NC(=O)c1ncn(Cc2ccccc2)n1. The Hall–Kier alpha value is -3.53. The molecular formula is C22H29N7O3. The molecule has 0 fully saturated rings. The molecule has 1 atom stereocenters. The van der Waals surface area contributed by atoms with Crippen LogP contribution < -0.4 is 10.2 Å². The molecule has 10 nitrogen and oxygen atoms in total. The maximum atomic E-state index is 12.5. The van der Waals surface area contributed by atoms with E-state index in [0.29, 0.717) is 37.4 Å². The average molecular weight is 440 g/mol. The highest BCUT2D eigenvalue weighted by molar-refractivity contribution is 5.90. The molecule has 0 radical (unpaired) electrons. The van der Waals surface area contributed by atoms with Gasteiger partial charge in [-0.2, -0.15) is 5.10 Å². The molecule has 3 rings (SSSR count). The highest BCUT2D eigenvalue weighted by Gasteiger charge is 2.23. The molecule has 32 heavy (non-hydrogen) atoms. The minimum absolute atomic E-state index is 0.109. The largest absolute Gasteiger partial charge is 0.384 e. The average Bonchev–Trinajstić information content (AvgIpc) is 3.39. The van der Waals surface area contributed by atoms with Crippen LogP contribution in [0, 0.1) is 0 Å². The first kappa shape index (κ1) is 23.1. The minimum atomic E-state index is -1.13. The molecule has 170 valence electrons. The Morgan fingerprint density at radius 3 is 2.66 bits per heavy atom. The minimum Gasteiger partial charge on any atom is -0.384 e. The second kappa shape index (κ2) is 9.73. The van der Waals surface area contributed by atoms with Gasteiger partial charge in [-0.15, -0.1) is 5.10 Å². The number of carbonyl (C=O) groups is 2. The molecule has 1 unspecified atom stereocenters. The molecule has 2 amide bonds. The lowest BCUT2D eigenvalue weighted by molar-refractivity contribution is -0.107. The summed E-state index contributed by atoms with van der Waals surface area (Å²) in [7, 11) is 1.62. The summed E-state index contributed by atoms with van der Waals surface area (Å²) in [5.74, 6) is 0.321. The summed E-state index contributed by atoms with van der Waals surface area (Å²) in [6.07, 6.45) is 2.78. The van der Waals surface area contributed by atoms with Crippen molar-refractivity contribution >= 4 is 18.1 Å². The maximum absolute atomic E-state index is 12.5. The van der Waals surface area contributed by atoms with Crippen molar-refractivity contribution in [3.63, 3.8) is 0 Å². The van der Waals surface area contributed by atoms with Crippen LogP contribution in [0.15, 0.2) is 42.7 Å². The molecule has 0 aliphatic rings. The van der Waals surface area contributed by atoms with E-state index in [1.807, 2.05) is 37.3 Å². The van der Waals surface area contributed by atoms with Gasteiger partial charge >= 0.3 is 0 Å². The zero-order valence-electron chi connectivity index (χ0n) is 18.8. The predicted molar refractivity (Wildman–Crippen MR) is 119 cm³/mol. The summed E-state index contributed by atoms with van der Waals surface area (Å²) in [6.45, 7) is 6.13. The highest BCUT2D eigenvalue weighted by atomic mass is 16.3. The molecule has 2 aromatic heterocycles. The molecule has 0 saturated heterocycles. The van der Waals surface area contributed by atoms with Gasteiger partial charge in [0.15, 0.2) is 0 Å². The smallest absolute Gasteiger partial charge is 0.291 e. The predicted octanol–water partition coefficient (Wildman–Crippen LogP) is 1.55. The Bertz CT molecular complexity index is 1050. The van der Waals surface area contributed by atoms with Crippen LogP contribution in [0.3, 0.4) is 0 Å². The first-order valence-electron chi connectivity index (χ1n) is 10.4. The van der Waals surface area contributed by atoms with E-state index in [1.54, 1.807) is 36.3 Å². The monoisotopic (exact) mass is 439 g/mol. The molecule has 1 aromatic carbocycles. The van der Waals surface area contributed by atoms with Crippen molar-refractivity contribution in [2.45, 2.75) is 51.9 Å². The standard InChI is InChI=1S/C22H29N7O3/c1-16(10-11-29-19(27(4)15-30)12-18(25-29)22(2,3)32)24-21(31)20-23-14-28(26-20)13-17-8-6-5-7-9-17/h5-9,12,14-16,32H,10-11,13H2,1-4H3,(H,24,31). The van der Waals surface area contributed by atoms with Crippen LogP contribution in [0.5, 0.6) is 0 Å². The maximum Gasteiger partial charge on any atom is 0.291 e. The van der Waals surface area contributed by atoms with Crippen molar-refractivity contribution in [3.05, 3.63) is 59.8 Å². The molecule has 0 bridgehead atoms. The van der Waals surface area contributed by atoms with E-state index >= 15 is 0 Å². The van der Waals surface area contributed by atoms with E-state index in [0.717, 1.165) is 5.56 Å². The number of aryl methyl sites for hydroxylation is 1. The number of hydrogen-bond donors (Lipinski definition) is 2. The van der Waals surface area contributed by atoms with E-state index in [1.165, 1.54) is 11.2 Å². The molecule has 2 N–H and O–H groups in total. The lowest BCUT2D eigenvalue weighted by atomic mass is 10.1. The van der Waals surface area contributed by atoms with Crippen LogP contribution in [0.1, 0.15) is 49.1 Å². The first-order chi connectivity index (χ1) is 15.2. The summed E-state index contributed by atoms with van der Waals surface area (Å²) >= 11 is 0. The lowest BCUT2D eigenvalue weighted by Crippen LogP contribution is -2.34. The van der Waals surface area contributed by atoms with Gasteiger partial charge in [0.25, 0.3) is 5.91 Å². The van der Waals surface area contributed by atoms with Crippen LogP contribution in [-0.4, -0.2) is 55.1 Å². The zero-order chi connectivity index (χ0) is 23.3. The van der Waals surface area contributed by atoms with Crippen LogP contribution >= 0.6 is 0 Å². The van der Waals surface area contributed by atoms with Gasteiger partial charge in [0, 0.05) is 25.7 Å². The Morgan fingerprint density at radius 2 is 2.00 bits per heavy atom. The van der Waals surface area contributed by atoms with Gasteiger partial charge in [0.05, 0.1) is 12.2 Å². The first-order valence-corrected chi connectivity index (χ1v) is 10.4. The number of nitrogens with one attached hydrogen (secondary N) is 1. The Morgan fingerprint density at radius 1 is 1.28 bits per heavy atom. The number of aliphatic hydroxyl groups is 1. The summed E-state index contributed by atoms with van der Waals surface area (Å²) < 4.78 is 3.27. The van der Waals surface area contributed by atoms with Crippen molar-refractivity contribution in [1.82, 2.24) is 29.9 Å². The van der Waals surface area contributed by atoms with E-state index < -0.39 is 5.60 Å². The molecule has 0 saturated carbocycles. The van der Waals surface area contributed by atoms with Gasteiger partial charge in [-0.25, -0.2) is 14.3 Å². The van der Waals surface area contributed by atoms with Crippen molar-refractivity contribution < 1.29 is 14.7 Å². The summed E-state index contributed by atoms with van der Waals surface area (Å²) in [4.78, 5) is 29.3. The third-order valence-electron chi connectivity index (χ3n) is 4.98. The fraction of sp³-hybridized carbons (Fsp3) is 0.409. The summed E-state index contributed by atoms with van der Waals surface area (Å²) in [5.41, 5.74) is 0.401. The van der Waals surface area contributed by atoms with Crippen molar-refractivity contribution in [3.8, 4) is 0 Å². The normalized spacial score (nSPS) is 12.4. The zero-order valence-corrected chi connectivity index (χ0v) is 18.8. The third-order valence-corrected chi connectivity index (χ3v) is 4.98. The molecular weight excluding hydrogens is 410 g/mol. The second-order valence-electron chi connectivity index (χ2n) is 8.30. The van der Waals surface area contributed by atoms with Crippen LogP contribution in [0.2, 0.25) is 0 Å². The number of carbonyl (C=O) groups excluding carboxylic acids is 2. The van der Waals surface area contributed by atoms with Crippen LogP contribution in [-0.2, 0) is 23.5 Å². The van der Waals surface area contributed by atoms with Crippen LogP contribution in [0.4, 0.5) is 5.82 Å². The number of hydrogen-bond acceptors (Lipinski definition) is 6. The molecule has 0 aliphatic heterocycles. The van der Waals surface area contributed by atoms with Crippen molar-refractivity contribution in [2.24, 2.45) is 0 Å². The Labute approximate surface area is 186 Å². The highest BCUT2D eigenvalue weighted by Crippen LogP contribution is 2.23. The number of benzene rings is 1. The fourth-order valence-corrected chi connectivity index (χ4v) is 3.13. The molecule has 0 aliphatic carbocycles. The van der Waals surface area contributed by atoms with E-state index in [-0.39, 0.29) is 17.8 Å². The number of aromatic nitrogens is 5. The van der Waals surface area contributed by atoms with Crippen LogP contribution in [0.25, 0.3) is 0 Å². The van der Waals surface area contributed by atoms with Gasteiger partial charge in [0.2, 0.25) is 12.2 Å². The van der Waals surface area contributed by atoms with Gasteiger partial charge in [-0.3, -0.25) is 9.59 Å². The molecule has 10 heteroatoms. The third kappa shape index (κ3) is 5.79. The second-order valence-corrected chi connectivity index (χ2v) is 8.30. The van der Waals surface area contributed by atoms with Gasteiger partial charge in [-0.1, -0.05) is 30.3 Å². The quantitative estimate of drug-likeness (QED) is 0.463. The number of nitrogens with zero attached hydrogens (tertiary/aromatic N) is 6. The molecule has 3 aromatic rings. The Balaban J connectivity index is 1.59. The lowest BCUT2D eigenvalue weighted by Gasteiger charge is -2.16. The number of rotatable bonds is 10. The van der Waals surface area contributed by atoms with Crippen molar-refractivity contribution in [2.75, 3.05) is 11.9 Å². The summed E-state index contributed by atoms with van der Waals surface area (Å²) in [5, 5.41) is 21.8. The van der Waals surface area contributed by atoms with Gasteiger partial charge < -0.3 is 15.3 Å². The summed E-state index contributed by atoms with van der Waals surface area (Å²) in [6, 6.07) is 11.3. The number of anilines is 1. The molecule has 0 spiro atoms. The van der Waals surface area contributed by atoms with Gasteiger partial charge in [-0.05, 0) is 32.8 Å². The van der Waals surface area contributed by atoms with Gasteiger partial charge in [0.1, 0.15) is 17.7 Å².